The summed E-state index contributed by atoms with van der Waals surface area (Å²) >= 11 is 0. The van der Waals surface area contributed by atoms with Crippen LogP contribution in [-0.2, 0) is 6.61 Å². The second-order valence-electron chi connectivity index (χ2n) is 4.32. The van der Waals surface area contributed by atoms with Crippen molar-refractivity contribution < 1.29 is 4.74 Å². The Labute approximate surface area is 111 Å². The number of aromatic nitrogens is 1. The largest absolute Gasteiger partial charge is 0.488 e. The van der Waals surface area contributed by atoms with Crippen LogP contribution in [0.5, 0.6) is 5.75 Å². The quantitative estimate of drug-likeness (QED) is 0.775. The third-order valence-corrected chi connectivity index (χ3v) is 3.03. The fourth-order valence-corrected chi connectivity index (χ4v) is 2.06. The van der Waals surface area contributed by atoms with Crippen LogP contribution in [0, 0.1) is 0 Å². The topological polar surface area (TPSA) is 48.1 Å². The molecule has 3 aromatic rings. The van der Waals surface area contributed by atoms with Crippen LogP contribution >= 0.6 is 0 Å². The maximum absolute atomic E-state index is 5.88. The van der Waals surface area contributed by atoms with Gasteiger partial charge in [0.1, 0.15) is 18.2 Å². The molecule has 19 heavy (non-hydrogen) atoms. The van der Waals surface area contributed by atoms with E-state index in [0.29, 0.717) is 12.4 Å². The number of benzene rings is 2. The molecule has 0 atom stereocenters. The Bertz CT molecular complexity index is 695. The normalized spacial score (nSPS) is 10.5. The zero-order valence-electron chi connectivity index (χ0n) is 10.4. The van der Waals surface area contributed by atoms with Crippen LogP contribution in [0.25, 0.3) is 10.8 Å². The Hall–Kier alpha value is -2.55. The first-order valence-corrected chi connectivity index (χ1v) is 6.14. The number of rotatable bonds is 3. The highest BCUT2D eigenvalue weighted by Gasteiger charge is 2.04. The summed E-state index contributed by atoms with van der Waals surface area (Å²) in [7, 11) is 0. The Morgan fingerprint density at radius 1 is 0.895 bits per heavy atom. The summed E-state index contributed by atoms with van der Waals surface area (Å²) < 4.78 is 5.88. The molecular weight excluding hydrogens is 236 g/mol. The third kappa shape index (κ3) is 2.36. The van der Waals surface area contributed by atoms with Crippen molar-refractivity contribution in [1.82, 2.24) is 4.98 Å². The SMILES string of the molecule is Nc1nccc2c(OCc3ccccc3)cccc12. The van der Waals surface area contributed by atoms with E-state index >= 15 is 0 Å². The number of fused-ring (bicyclic) bond motifs is 1. The van der Waals surface area contributed by atoms with Gasteiger partial charge in [-0.25, -0.2) is 4.98 Å². The van der Waals surface area contributed by atoms with E-state index in [-0.39, 0.29) is 0 Å². The molecule has 2 N–H and O–H groups in total. The predicted molar refractivity (Wildman–Crippen MR) is 76.9 cm³/mol. The Morgan fingerprint density at radius 3 is 2.58 bits per heavy atom. The van der Waals surface area contributed by atoms with Crippen LogP contribution < -0.4 is 10.5 Å². The van der Waals surface area contributed by atoms with E-state index in [2.05, 4.69) is 4.98 Å². The Morgan fingerprint density at radius 2 is 1.74 bits per heavy atom. The van der Waals surface area contributed by atoms with Gasteiger partial charge in [0, 0.05) is 17.0 Å². The number of pyridine rings is 1. The van der Waals surface area contributed by atoms with Crippen LogP contribution in [0.15, 0.2) is 60.8 Å². The van der Waals surface area contributed by atoms with Crippen molar-refractivity contribution in [1.29, 1.82) is 0 Å². The number of hydrogen-bond donors (Lipinski definition) is 1. The van der Waals surface area contributed by atoms with Crippen LogP contribution in [0.4, 0.5) is 5.82 Å². The predicted octanol–water partition coefficient (Wildman–Crippen LogP) is 3.40. The molecule has 0 saturated heterocycles. The summed E-state index contributed by atoms with van der Waals surface area (Å²) in [6.07, 6.45) is 1.70. The minimum atomic E-state index is 0.530. The molecule has 0 aliphatic rings. The van der Waals surface area contributed by atoms with Gasteiger partial charge in [0.15, 0.2) is 0 Å². The van der Waals surface area contributed by atoms with Gasteiger partial charge in [-0.05, 0) is 17.7 Å². The van der Waals surface area contributed by atoms with Gasteiger partial charge in [-0.3, -0.25) is 0 Å². The lowest BCUT2D eigenvalue weighted by Crippen LogP contribution is -1.97. The van der Waals surface area contributed by atoms with Crippen molar-refractivity contribution in [3.8, 4) is 5.75 Å². The van der Waals surface area contributed by atoms with Gasteiger partial charge in [-0.15, -0.1) is 0 Å². The Kier molecular flexibility index (Phi) is 3.02. The zero-order chi connectivity index (χ0) is 13.1. The number of hydrogen-bond acceptors (Lipinski definition) is 3. The molecule has 0 fully saturated rings. The first kappa shape index (κ1) is 11.5. The Balaban J connectivity index is 1.91. The summed E-state index contributed by atoms with van der Waals surface area (Å²) in [5.41, 5.74) is 7.01. The van der Waals surface area contributed by atoms with Crippen LogP contribution in [0.1, 0.15) is 5.56 Å². The average Bonchev–Trinajstić information content (AvgIpc) is 2.47. The lowest BCUT2D eigenvalue weighted by Gasteiger charge is -2.10. The number of ether oxygens (including phenoxy) is 1. The number of nitrogen functional groups attached to an aromatic ring is 1. The second kappa shape index (κ2) is 4.98. The molecular formula is C16H14N2O. The standard InChI is InChI=1S/C16H14N2O/c17-16-14-7-4-8-15(13(14)9-10-18-16)19-11-12-5-2-1-3-6-12/h1-10H,11H2,(H2,17,18). The molecule has 0 amide bonds. The highest BCUT2D eigenvalue weighted by Crippen LogP contribution is 2.28. The molecule has 0 aliphatic heterocycles. The molecule has 0 aliphatic carbocycles. The van der Waals surface area contributed by atoms with Crippen LogP contribution in [-0.4, -0.2) is 4.98 Å². The van der Waals surface area contributed by atoms with Crippen LogP contribution in [0.3, 0.4) is 0 Å². The molecule has 3 heteroatoms. The summed E-state index contributed by atoms with van der Waals surface area (Å²) in [5.74, 6) is 1.36. The fourth-order valence-electron chi connectivity index (χ4n) is 2.06. The highest BCUT2D eigenvalue weighted by molar-refractivity contribution is 5.94. The van der Waals surface area contributed by atoms with E-state index < -0.39 is 0 Å². The lowest BCUT2D eigenvalue weighted by atomic mass is 10.1. The van der Waals surface area contributed by atoms with Crippen molar-refractivity contribution in [3.63, 3.8) is 0 Å². The number of anilines is 1. The first-order valence-electron chi connectivity index (χ1n) is 6.14. The molecule has 0 bridgehead atoms. The lowest BCUT2D eigenvalue weighted by molar-refractivity contribution is 0.310. The van der Waals surface area contributed by atoms with E-state index in [9.17, 15) is 0 Å². The van der Waals surface area contributed by atoms with E-state index in [4.69, 9.17) is 10.5 Å². The minimum Gasteiger partial charge on any atom is -0.488 e. The molecule has 1 aromatic heterocycles. The van der Waals surface area contributed by atoms with Gasteiger partial charge in [-0.1, -0.05) is 42.5 Å². The maximum atomic E-state index is 5.88. The zero-order valence-corrected chi connectivity index (χ0v) is 10.4. The summed E-state index contributed by atoms with van der Waals surface area (Å²) in [6, 6.07) is 17.8. The summed E-state index contributed by atoms with van der Waals surface area (Å²) in [4.78, 5) is 4.09. The molecule has 0 unspecified atom stereocenters. The molecule has 0 spiro atoms. The molecule has 3 nitrogen and oxygen atoms in total. The molecule has 94 valence electrons. The minimum absolute atomic E-state index is 0.530. The van der Waals surface area contributed by atoms with E-state index in [1.165, 1.54) is 0 Å². The monoisotopic (exact) mass is 250 g/mol. The first-order chi connectivity index (χ1) is 9.34. The van der Waals surface area contributed by atoms with Gasteiger partial charge in [0.25, 0.3) is 0 Å². The number of nitrogens with two attached hydrogens (primary N) is 1. The number of nitrogens with zero attached hydrogens (tertiary/aromatic N) is 1. The van der Waals surface area contributed by atoms with Gasteiger partial charge in [-0.2, -0.15) is 0 Å². The third-order valence-electron chi connectivity index (χ3n) is 3.03. The molecule has 2 aromatic carbocycles. The van der Waals surface area contributed by atoms with Gasteiger partial charge >= 0.3 is 0 Å². The van der Waals surface area contributed by atoms with Crippen molar-refractivity contribution in [2.75, 3.05) is 5.73 Å². The smallest absolute Gasteiger partial charge is 0.131 e. The van der Waals surface area contributed by atoms with Crippen LogP contribution in [0.2, 0.25) is 0 Å². The molecule has 1 heterocycles. The fraction of sp³-hybridized carbons (Fsp3) is 0.0625. The molecule has 0 saturated carbocycles. The van der Waals surface area contributed by atoms with Gasteiger partial charge in [0.2, 0.25) is 0 Å². The van der Waals surface area contributed by atoms with Crippen molar-refractivity contribution in [2.45, 2.75) is 6.61 Å². The van der Waals surface area contributed by atoms with Crippen molar-refractivity contribution in [2.24, 2.45) is 0 Å². The van der Waals surface area contributed by atoms with Gasteiger partial charge in [0.05, 0.1) is 0 Å². The summed E-state index contributed by atoms with van der Waals surface area (Å²) in [5, 5.41) is 1.92. The van der Waals surface area contributed by atoms with E-state index in [1.54, 1.807) is 6.20 Å². The second-order valence-corrected chi connectivity index (χ2v) is 4.32. The van der Waals surface area contributed by atoms with Crippen molar-refractivity contribution >= 4 is 16.6 Å². The molecule has 3 rings (SSSR count). The summed E-state index contributed by atoms with van der Waals surface area (Å²) in [6.45, 7) is 0.544. The average molecular weight is 250 g/mol. The van der Waals surface area contributed by atoms with Gasteiger partial charge < -0.3 is 10.5 Å². The van der Waals surface area contributed by atoms with E-state index in [1.807, 2.05) is 54.6 Å². The van der Waals surface area contributed by atoms with Crippen molar-refractivity contribution in [3.05, 3.63) is 66.4 Å². The highest BCUT2D eigenvalue weighted by atomic mass is 16.5. The maximum Gasteiger partial charge on any atom is 0.131 e. The van der Waals surface area contributed by atoms with E-state index in [0.717, 1.165) is 22.1 Å². The molecule has 0 radical (unpaired) electrons.